The van der Waals surface area contributed by atoms with E-state index in [2.05, 4.69) is 10.6 Å². The first-order chi connectivity index (χ1) is 13.9. The Balaban J connectivity index is 1.69. The average Bonchev–Trinajstić information content (AvgIpc) is 2.69. The monoisotopic (exact) mass is 418 g/mol. The molecule has 2 N–H and O–H groups in total. The maximum absolute atomic E-state index is 13.2. The van der Waals surface area contributed by atoms with Crippen LogP contribution in [0.4, 0.5) is 15.8 Å². The third-order valence-electron chi connectivity index (χ3n) is 3.86. The van der Waals surface area contributed by atoms with Crippen molar-refractivity contribution in [1.82, 2.24) is 0 Å². The minimum Gasteiger partial charge on any atom is -0.462 e. The molecule has 0 aliphatic rings. The maximum atomic E-state index is 13.2. The second-order valence-corrected chi connectivity index (χ2v) is 7.26. The van der Waals surface area contributed by atoms with Crippen LogP contribution in [0.15, 0.2) is 42.5 Å². The van der Waals surface area contributed by atoms with Crippen molar-refractivity contribution in [2.24, 2.45) is 0 Å². The number of halogens is 1. The van der Waals surface area contributed by atoms with E-state index in [1.807, 2.05) is 0 Å². The van der Waals surface area contributed by atoms with Gasteiger partial charge in [0.05, 0.1) is 17.9 Å². The number of ether oxygens (including phenoxy) is 1. The Morgan fingerprint density at radius 3 is 2.45 bits per heavy atom. The fourth-order valence-corrected chi connectivity index (χ4v) is 3.10. The lowest BCUT2D eigenvalue weighted by Crippen LogP contribution is -2.16. The molecule has 2 rings (SSSR count). The molecule has 2 amide bonds. The number of nitrogens with one attached hydrogen (secondary N) is 2. The Labute approximate surface area is 173 Å². The fourth-order valence-electron chi connectivity index (χ4n) is 2.37. The summed E-state index contributed by atoms with van der Waals surface area (Å²) in [4.78, 5) is 35.5. The molecular weight excluding hydrogens is 395 g/mol. The topological polar surface area (TPSA) is 84.5 Å². The van der Waals surface area contributed by atoms with Crippen LogP contribution in [0.2, 0.25) is 0 Å². The zero-order valence-electron chi connectivity index (χ0n) is 16.3. The molecule has 0 atom stereocenters. The molecule has 0 aliphatic heterocycles. The molecule has 0 heterocycles. The van der Waals surface area contributed by atoms with Crippen LogP contribution in [0.1, 0.15) is 29.3 Å². The van der Waals surface area contributed by atoms with E-state index < -0.39 is 11.8 Å². The van der Waals surface area contributed by atoms with Gasteiger partial charge in [-0.2, -0.15) is 11.8 Å². The van der Waals surface area contributed by atoms with E-state index in [1.54, 1.807) is 44.2 Å². The number of thioether (sulfide) groups is 1. The van der Waals surface area contributed by atoms with Gasteiger partial charge in [0.25, 0.3) is 0 Å². The van der Waals surface area contributed by atoms with Gasteiger partial charge in [0, 0.05) is 23.5 Å². The second kappa shape index (κ2) is 11.2. The molecule has 0 radical (unpaired) electrons. The van der Waals surface area contributed by atoms with Crippen molar-refractivity contribution in [3.05, 3.63) is 59.4 Å². The average molecular weight is 418 g/mol. The van der Waals surface area contributed by atoms with Gasteiger partial charge in [0.2, 0.25) is 11.8 Å². The quantitative estimate of drug-likeness (QED) is 0.475. The number of hydrogen-bond acceptors (Lipinski definition) is 5. The summed E-state index contributed by atoms with van der Waals surface area (Å²) < 4.78 is 18.1. The van der Waals surface area contributed by atoms with E-state index in [-0.39, 0.29) is 24.0 Å². The molecule has 2 aromatic carbocycles. The Morgan fingerprint density at radius 2 is 1.76 bits per heavy atom. The number of aryl methyl sites for hydroxylation is 1. The lowest BCUT2D eigenvalue weighted by molar-refractivity contribution is -0.116. The van der Waals surface area contributed by atoms with Crippen LogP contribution < -0.4 is 10.6 Å². The third kappa shape index (κ3) is 7.57. The first kappa shape index (κ1) is 22.4. The number of amides is 2. The molecule has 0 saturated carbocycles. The predicted molar refractivity (Wildman–Crippen MR) is 113 cm³/mol. The molecule has 0 spiro atoms. The smallest absolute Gasteiger partial charge is 0.338 e. The number of carbonyl (C=O) groups excluding carboxylic acids is 3. The number of rotatable bonds is 9. The molecule has 0 aliphatic carbocycles. The van der Waals surface area contributed by atoms with E-state index in [0.717, 1.165) is 5.56 Å². The van der Waals surface area contributed by atoms with Gasteiger partial charge in [-0.15, -0.1) is 0 Å². The van der Waals surface area contributed by atoms with Crippen LogP contribution >= 0.6 is 11.8 Å². The van der Waals surface area contributed by atoms with E-state index in [0.29, 0.717) is 29.3 Å². The van der Waals surface area contributed by atoms with E-state index >= 15 is 0 Å². The van der Waals surface area contributed by atoms with E-state index in [9.17, 15) is 18.8 Å². The summed E-state index contributed by atoms with van der Waals surface area (Å²) in [6.45, 7) is 3.82. The molecule has 8 heteroatoms. The highest BCUT2D eigenvalue weighted by Crippen LogP contribution is 2.17. The molecule has 0 saturated heterocycles. The van der Waals surface area contributed by atoms with Crippen molar-refractivity contribution in [1.29, 1.82) is 0 Å². The van der Waals surface area contributed by atoms with E-state index in [4.69, 9.17) is 4.74 Å². The highest BCUT2D eigenvalue weighted by molar-refractivity contribution is 7.99. The van der Waals surface area contributed by atoms with Gasteiger partial charge < -0.3 is 15.4 Å². The SMILES string of the molecule is CCOC(=O)c1ccc(NC(=O)CSCCC(=O)Nc2cc(F)ccc2C)cc1. The number of anilines is 2. The maximum Gasteiger partial charge on any atom is 0.338 e. The van der Waals surface area contributed by atoms with Crippen molar-refractivity contribution < 1.29 is 23.5 Å². The molecule has 0 unspecified atom stereocenters. The number of esters is 1. The van der Waals surface area contributed by atoms with Crippen LogP contribution in [-0.4, -0.2) is 35.9 Å². The Morgan fingerprint density at radius 1 is 1.03 bits per heavy atom. The summed E-state index contributed by atoms with van der Waals surface area (Å²) in [6, 6.07) is 10.6. The van der Waals surface area contributed by atoms with Crippen LogP contribution in [0.3, 0.4) is 0 Å². The van der Waals surface area contributed by atoms with Crippen LogP contribution in [0, 0.1) is 12.7 Å². The molecule has 2 aromatic rings. The van der Waals surface area contributed by atoms with Crippen molar-refractivity contribution >= 4 is 40.9 Å². The number of benzene rings is 2. The van der Waals surface area contributed by atoms with Gasteiger partial charge in [-0.1, -0.05) is 6.07 Å². The Hall–Kier alpha value is -2.87. The van der Waals surface area contributed by atoms with Gasteiger partial charge in [-0.25, -0.2) is 9.18 Å². The first-order valence-electron chi connectivity index (χ1n) is 9.10. The van der Waals surface area contributed by atoms with Gasteiger partial charge in [-0.3, -0.25) is 9.59 Å². The lowest BCUT2D eigenvalue weighted by atomic mass is 10.2. The van der Waals surface area contributed by atoms with Gasteiger partial charge >= 0.3 is 5.97 Å². The second-order valence-electron chi connectivity index (χ2n) is 6.16. The summed E-state index contributed by atoms with van der Waals surface area (Å²) in [5.41, 5.74) is 2.21. The van der Waals surface area contributed by atoms with Gasteiger partial charge in [0.1, 0.15) is 5.82 Å². The Kier molecular flexibility index (Phi) is 8.67. The first-order valence-corrected chi connectivity index (χ1v) is 10.2. The molecule has 6 nitrogen and oxygen atoms in total. The molecule has 0 aromatic heterocycles. The molecule has 0 fully saturated rings. The zero-order valence-corrected chi connectivity index (χ0v) is 17.1. The van der Waals surface area contributed by atoms with Crippen molar-refractivity contribution in [2.45, 2.75) is 20.3 Å². The minimum absolute atomic E-state index is 0.186. The van der Waals surface area contributed by atoms with E-state index in [1.165, 1.54) is 23.9 Å². The molecule has 154 valence electrons. The highest BCUT2D eigenvalue weighted by atomic mass is 32.2. The molecular formula is C21H23FN2O4S. The van der Waals surface area contributed by atoms with Crippen molar-refractivity contribution in [2.75, 3.05) is 28.7 Å². The summed E-state index contributed by atoms with van der Waals surface area (Å²) >= 11 is 1.32. The summed E-state index contributed by atoms with van der Waals surface area (Å²) in [7, 11) is 0. The number of carbonyl (C=O) groups is 3. The summed E-state index contributed by atoms with van der Waals surface area (Å²) in [5.74, 6) is -0.622. The van der Waals surface area contributed by atoms with Crippen LogP contribution in [-0.2, 0) is 14.3 Å². The third-order valence-corrected chi connectivity index (χ3v) is 4.82. The highest BCUT2D eigenvalue weighted by Gasteiger charge is 2.09. The van der Waals surface area contributed by atoms with Crippen molar-refractivity contribution in [3.8, 4) is 0 Å². The zero-order chi connectivity index (χ0) is 21.2. The summed E-state index contributed by atoms with van der Waals surface area (Å²) in [5, 5.41) is 5.40. The predicted octanol–water partition coefficient (Wildman–Crippen LogP) is 4.01. The minimum atomic E-state index is -0.410. The van der Waals surface area contributed by atoms with Gasteiger partial charge in [-0.05, 0) is 55.8 Å². The van der Waals surface area contributed by atoms with Gasteiger partial charge in [0.15, 0.2) is 0 Å². The van der Waals surface area contributed by atoms with Crippen LogP contribution in [0.5, 0.6) is 0 Å². The molecule has 0 bridgehead atoms. The molecule has 29 heavy (non-hydrogen) atoms. The van der Waals surface area contributed by atoms with Crippen molar-refractivity contribution in [3.63, 3.8) is 0 Å². The Bertz CT molecular complexity index is 871. The number of hydrogen-bond donors (Lipinski definition) is 2. The largest absolute Gasteiger partial charge is 0.462 e. The normalized spacial score (nSPS) is 10.3. The standard InChI is InChI=1S/C21H23FN2O4S/c1-3-28-21(27)15-5-8-17(9-6-15)23-20(26)13-29-11-10-19(25)24-18-12-16(22)7-4-14(18)2/h4-9,12H,3,10-11,13H2,1-2H3,(H,23,26)(H,24,25). The van der Waals surface area contributed by atoms with Crippen LogP contribution in [0.25, 0.3) is 0 Å². The fraction of sp³-hybridized carbons (Fsp3) is 0.286. The summed E-state index contributed by atoms with van der Waals surface area (Å²) in [6.07, 6.45) is 0.210. The lowest BCUT2D eigenvalue weighted by Gasteiger charge is -2.09.